The Morgan fingerprint density at radius 3 is 1.31 bits per heavy atom. The SMILES string of the molecule is C=CC(=O)OCC(O)Cn1c(=O)n(CC(O)COC(=O)CC)c(=O)n(CC(O)COC(=O)CC)c1=O. The molecule has 3 N–H and O–H groups in total. The molecule has 3 atom stereocenters. The van der Waals surface area contributed by atoms with Gasteiger partial charge in [0, 0.05) is 18.9 Å². The summed E-state index contributed by atoms with van der Waals surface area (Å²) in [6.07, 6.45) is -3.69. The summed E-state index contributed by atoms with van der Waals surface area (Å²) >= 11 is 0. The molecule has 1 aromatic heterocycles. The summed E-state index contributed by atoms with van der Waals surface area (Å²) in [5.41, 5.74) is -3.65. The minimum absolute atomic E-state index is 0.0269. The smallest absolute Gasteiger partial charge is 0.336 e. The van der Waals surface area contributed by atoms with Gasteiger partial charge in [0.2, 0.25) is 0 Å². The molecular formula is C21H31N3O12. The van der Waals surface area contributed by atoms with Gasteiger partial charge in [-0.05, 0) is 0 Å². The van der Waals surface area contributed by atoms with E-state index in [4.69, 9.17) is 9.47 Å². The van der Waals surface area contributed by atoms with Gasteiger partial charge in [-0.15, -0.1) is 0 Å². The molecule has 15 heteroatoms. The van der Waals surface area contributed by atoms with Crippen molar-refractivity contribution >= 4 is 17.9 Å². The average molecular weight is 517 g/mol. The maximum atomic E-state index is 12.9. The first-order valence-corrected chi connectivity index (χ1v) is 11.0. The quantitative estimate of drug-likeness (QED) is 0.120. The van der Waals surface area contributed by atoms with Crippen molar-refractivity contribution in [3.8, 4) is 0 Å². The highest BCUT2D eigenvalue weighted by molar-refractivity contribution is 5.81. The number of rotatable bonds is 15. The van der Waals surface area contributed by atoms with Gasteiger partial charge in [-0.1, -0.05) is 20.4 Å². The van der Waals surface area contributed by atoms with E-state index < -0.39 is 92.7 Å². The molecule has 0 amide bonds. The van der Waals surface area contributed by atoms with E-state index in [-0.39, 0.29) is 12.8 Å². The lowest BCUT2D eigenvalue weighted by Gasteiger charge is -2.19. The van der Waals surface area contributed by atoms with Crippen molar-refractivity contribution < 1.29 is 43.9 Å². The van der Waals surface area contributed by atoms with Crippen LogP contribution in [-0.2, 0) is 48.2 Å². The highest BCUT2D eigenvalue weighted by Gasteiger charge is 2.22. The Morgan fingerprint density at radius 1 is 0.722 bits per heavy atom. The van der Waals surface area contributed by atoms with Crippen molar-refractivity contribution in [2.24, 2.45) is 0 Å². The van der Waals surface area contributed by atoms with Crippen LogP contribution < -0.4 is 17.1 Å². The lowest BCUT2D eigenvalue weighted by atomic mass is 10.3. The summed E-state index contributed by atoms with van der Waals surface area (Å²) in [4.78, 5) is 72.5. The van der Waals surface area contributed by atoms with Gasteiger partial charge >= 0.3 is 35.0 Å². The molecule has 0 aromatic carbocycles. The molecule has 0 bridgehead atoms. The van der Waals surface area contributed by atoms with Crippen LogP contribution in [0.15, 0.2) is 27.0 Å². The molecular weight excluding hydrogens is 486 g/mol. The van der Waals surface area contributed by atoms with E-state index in [2.05, 4.69) is 11.3 Å². The van der Waals surface area contributed by atoms with E-state index in [9.17, 15) is 44.1 Å². The van der Waals surface area contributed by atoms with Crippen molar-refractivity contribution in [3.63, 3.8) is 0 Å². The largest absolute Gasteiger partial charge is 0.463 e. The summed E-state index contributed by atoms with van der Waals surface area (Å²) in [7, 11) is 0. The molecule has 0 aliphatic heterocycles. The van der Waals surface area contributed by atoms with Crippen LogP contribution in [0.3, 0.4) is 0 Å². The normalized spacial score (nSPS) is 13.4. The molecule has 0 saturated heterocycles. The lowest BCUT2D eigenvalue weighted by molar-refractivity contribution is -0.147. The Balaban J connectivity index is 3.34. The Bertz CT molecular complexity index is 1040. The minimum Gasteiger partial charge on any atom is -0.463 e. The first-order valence-electron chi connectivity index (χ1n) is 11.0. The summed E-state index contributed by atoms with van der Waals surface area (Å²) in [5, 5.41) is 30.5. The fourth-order valence-electron chi connectivity index (χ4n) is 2.76. The lowest BCUT2D eigenvalue weighted by Crippen LogP contribution is -2.57. The number of aromatic nitrogens is 3. The molecule has 0 saturated carbocycles. The van der Waals surface area contributed by atoms with E-state index in [0.29, 0.717) is 13.7 Å². The van der Waals surface area contributed by atoms with E-state index in [1.165, 1.54) is 13.8 Å². The maximum Gasteiger partial charge on any atom is 0.336 e. The molecule has 15 nitrogen and oxygen atoms in total. The van der Waals surface area contributed by atoms with Crippen molar-refractivity contribution in [2.45, 2.75) is 64.6 Å². The van der Waals surface area contributed by atoms with Gasteiger partial charge in [-0.3, -0.25) is 9.59 Å². The van der Waals surface area contributed by atoms with Crippen molar-refractivity contribution in [1.82, 2.24) is 13.7 Å². The van der Waals surface area contributed by atoms with E-state index >= 15 is 0 Å². The zero-order valence-corrected chi connectivity index (χ0v) is 20.0. The number of hydrogen-bond donors (Lipinski definition) is 3. The summed E-state index contributed by atoms with van der Waals surface area (Å²) in [5.74, 6) is -2.13. The van der Waals surface area contributed by atoms with Crippen LogP contribution in [0.2, 0.25) is 0 Å². The fourth-order valence-corrected chi connectivity index (χ4v) is 2.76. The molecule has 0 spiro atoms. The number of ether oxygens (including phenoxy) is 3. The number of aliphatic hydroxyl groups is 3. The molecule has 1 aromatic rings. The van der Waals surface area contributed by atoms with Crippen molar-refractivity contribution in [1.29, 1.82) is 0 Å². The molecule has 0 fully saturated rings. The predicted octanol–water partition coefficient (Wildman–Crippen LogP) is -3.11. The number of esters is 3. The first kappa shape index (κ1) is 30.5. The van der Waals surface area contributed by atoms with Crippen LogP contribution in [0, 0.1) is 0 Å². The Hall–Kier alpha value is -3.56. The zero-order chi connectivity index (χ0) is 27.4. The topological polar surface area (TPSA) is 206 Å². The van der Waals surface area contributed by atoms with Crippen LogP contribution >= 0.6 is 0 Å². The van der Waals surface area contributed by atoms with E-state index in [1.807, 2.05) is 0 Å². The number of nitrogens with zero attached hydrogens (tertiary/aromatic N) is 3. The van der Waals surface area contributed by atoms with Gasteiger partial charge in [0.15, 0.2) is 0 Å². The van der Waals surface area contributed by atoms with Crippen LogP contribution in [-0.4, -0.2) is 85.1 Å². The van der Waals surface area contributed by atoms with Gasteiger partial charge in [0.05, 0.1) is 19.6 Å². The van der Waals surface area contributed by atoms with Gasteiger partial charge in [0.25, 0.3) is 0 Å². The van der Waals surface area contributed by atoms with Crippen molar-refractivity contribution in [2.75, 3.05) is 19.8 Å². The highest BCUT2D eigenvalue weighted by Crippen LogP contribution is 1.95. The summed E-state index contributed by atoms with van der Waals surface area (Å²) in [6.45, 7) is 2.41. The van der Waals surface area contributed by atoms with Gasteiger partial charge < -0.3 is 29.5 Å². The second kappa shape index (κ2) is 14.8. The zero-order valence-electron chi connectivity index (χ0n) is 20.0. The van der Waals surface area contributed by atoms with E-state index in [0.717, 1.165) is 6.08 Å². The standard InChI is InChI=1S/C21H31N3O12/c1-4-16(28)34-10-13(25)7-22-19(31)23(8-14(26)11-35-17(29)5-2)21(33)24(20(22)32)9-15(27)12-36-18(30)6-3/h4,13-15,25-27H,1,5-12H2,2-3H3. The number of carbonyl (C=O) groups excluding carboxylic acids is 3. The van der Waals surface area contributed by atoms with Crippen molar-refractivity contribution in [3.05, 3.63) is 44.1 Å². The molecule has 1 heterocycles. The molecule has 36 heavy (non-hydrogen) atoms. The van der Waals surface area contributed by atoms with Crippen LogP contribution in [0.5, 0.6) is 0 Å². The number of hydrogen-bond acceptors (Lipinski definition) is 12. The van der Waals surface area contributed by atoms with Crippen LogP contribution in [0.4, 0.5) is 0 Å². The maximum absolute atomic E-state index is 12.9. The molecule has 3 unspecified atom stereocenters. The molecule has 202 valence electrons. The third-order valence-corrected chi connectivity index (χ3v) is 4.60. The molecule has 0 aliphatic rings. The third kappa shape index (κ3) is 9.24. The van der Waals surface area contributed by atoms with Gasteiger partial charge in [0.1, 0.15) is 38.1 Å². The number of carbonyl (C=O) groups is 3. The molecule has 1 rings (SSSR count). The first-order chi connectivity index (χ1) is 16.9. The number of aliphatic hydroxyl groups excluding tert-OH is 3. The van der Waals surface area contributed by atoms with Crippen LogP contribution in [0.25, 0.3) is 0 Å². The second-order valence-electron chi connectivity index (χ2n) is 7.55. The third-order valence-electron chi connectivity index (χ3n) is 4.60. The highest BCUT2D eigenvalue weighted by atomic mass is 16.5. The average Bonchev–Trinajstić information content (AvgIpc) is 2.86. The molecule has 0 aliphatic carbocycles. The second-order valence-corrected chi connectivity index (χ2v) is 7.55. The van der Waals surface area contributed by atoms with E-state index in [1.54, 1.807) is 0 Å². The predicted molar refractivity (Wildman–Crippen MR) is 121 cm³/mol. The van der Waals surface area contributed by atoms with Gasteiger partial charge in [-0.25, -0.2) is 32.9 Å². The minimum atomic E-state index is -1.55. The fraction of sp³-hybridized carbons (Fsp3) is 0.619. The Labute approximate surface area is 204 Å². The molecule has 0 radical (unpaired) electrons. The summed E-state index contributed by atoms with van der Waals surface area (Å²) < 4.78 is 15.6. The Kier molecular flexibility index (Phi) is 12.5. The monoisotopic (exact) mass is 517 g/mol. The van der Waals surface area contributed by atoms with Gasteiger partial charge in [-0.2, -0.15) is 0 Å². The van der Waals surface area contributed by atoms with Crippen LogP contribution in [0.1, 0.15) is 26.7 Å². The summed E-state index contributed by atoms with van der Waals surface area (Å²) in [6, 6.07) is 0. The Morgan fingerprint density at radius 2 is 1.03 bits per heavy atom.